The number of nitrogens with two attached hydrogens (primary N) is 1. The molecule has 1 aliphatic heterocycles. The van der Waals surface area contributed by atoms with Gasteiger partial charge in [-0.1, -0.05) is 23.8 Å². The van der Waals surface area contributed by atoms with E-state index in [-0.39, 0.29) is 0 Å². The average Bonchev–Trinajstić information content (AvgIpc) is 2.57. The fourth-order valence-corrected chi connectivity index (χ4v) is 2.33. The van der Waals surface area contributed by atoms with Gasteiger partial charge in [-0.25, -0.2) is 0 Å². The second kappa shape index (κ2) is 5.67. The van der Waals surface area contributed by atoms with Gasteiger partial charge in [0.25, 0.3) is 0 Å². The van der Waals surface area contributed by atoms with Crippen LogP contribution in [0.2, 0.25) is 5.02 Å². The minimum absolute atomic E-state index is 0.373. The molecule has 1 aromatic carbocycles. The number of ether oxygens (including phenoxy) is 1. The third kappa shape index (κ3) is 3.09. The van der Waals surface area contributed by atoms with Crippen molar-refractivity contribution < 1.29 is 4.74 Å². The van der Waals surface area contributed by atoms with E-state index in [1.807, 2.05) is 18.2 Å². The van der Waals surface area contributed by atoms with Crippen molar-refractivity contribution in [3.8, 4) is 0 Å². The van der Waals surface area contributed by atoms with Crippen molar-refractivity contribution in [2.45, 2.75) is 6.42 Å². The largest absolute Gasteiger partial charge is 0.389 e. The molecule has 0 aliphatic carbocycles. The smallest absolute Gasteiger partial charge is 0.104 e. The first-order valence-electron chi connectivity index (χ1n) is 5.60. The maximum Gasteiger partial charge on any atom is 0.104 e. The average molecular weight is 271 g/mol. The SMILES string of the molecule is NC(=S)c1ccc(N2CCCOCC2)c(Cl)c1. The number of thiocarbonyl (C=S) groups is 1. The summed E-state index contributed by atoms with van der Waals surface area (Å²) >= 11 is 11.2. The molecule has 3 nitrogen and oxygen atoms in total. The Labute approximate surface area is 111 Å². The van der Waals surface area contributed by atoms with E-state index in [1.54, 1.807) is 0 Å². The minimum Gasteiger partial charge on any atom is -0.389 e. The van der Waals surface area contributed by atoms with Crippen LogP contribution in [0, 0.1) is 0 Å². The molecule has 0 radical (unpaired) electrons. The van der Waals surface area contributed by atoms with Crippen LogP contribution in [0.1, 0.15) is 12.0 Å². The fourth-order valence-electron chi connectivity index (χ4n) is 1.90. The number of benzene rings is 1. The first kappa shape index (κ1) is 12.6. The van der Waals surface area contributed by atoms with Crippen molar-refractivity contribution in [2.75, 3.05) is 31.2 Å². The van der Waals surface area contributed by atoms with E-state index in [0.29, 0.717) is 10.0 Å². The van der Waals surface area contributed by atoms with Crippen LogP contribution in [0.3, 0.4) is 0 Å². The van der Waals surface area contributed by atoms with Gasteiger partial charge in [0.1, 0.15) is 4.99 Å². The van der Waals surface area contributed by atoms with Crippen molar-refractivity contribution in [2.24, 2.45) is 5.73 Å². The zero-order valence-corrected chi connectivity index (χ0v) is 11.1. The molecule has 0 bridgehead atoms. The summed E-state index contributed by atoms with van der Waals surface area (Å²) < 4.78 is 5.42. The van der Waals surface area contributed by atoms with Crippen molar-refractivity contribution in [3.63, 3.8) is 0 Å². The monoisotopic (exact) mass is 270 g/mol. The number of anilines is 1. The second-order valence-corrected chi connectivity index (χ2v) is 4.83. The van der Waals surface area contributed by atoms with Gasteiger partial charge in [0, 0.05) is 25.3 Å². The molecule has 1 saturated heterocycles. The number of nitrogens with zero attached hydrogens (tertiary/aromatic N) is 1. The molecule has 0 atom stereocenters. The Morgan fingerprint density at radius 3 is 2.88 bits per heavy atom. The third-order valence-electron chi connectivity index (χ3n) is 2.80. The maximum absolute atomic E-state index is 6.26. The predicted octanol–water partition coefficient (Wildman–Crippen LogP) is 2.20. The minimum atomic E-state index is 0.373. The normalized spacial score (nSPS) is 16.6. The van der Waals surface area contributed by atoms with Crippen LogP contribution in [0.25, 0.3) is 0 Å². The molecular formula is C12H15ClN2OS. The Morgan fingerprint density at radius 2 is 2.18 bits per heavy atom. The van der Waals surface area contributed by atoms with Crippen molar-refractivity contribution in [3.05, 3.63) is 28.8 Å². The van der Waals surface area contributed by atoms with Crippen LogP contribution in [0.15, 0.2) is 18.2 Å². The molecule has 0 spiro atoms. The van der Waals surface area contributed by atoms with Crippen LogP contribution >= 0.6 is 23.8 Å². The van der Waals surface area contributed by atoms with Crippen LogP contribution in [-0.2, 0) is 4.74 Å². The van der Waals surface area contributed by atoms with Gasteiger partial charge in [-0.15, -0.1) is 0 Å². The summed E-state index contributed by atoms with van der Waals surface area (Å²) in [5.74, 6) is 0. The number of hydrogen-bond donors (Lipinski definition) is 1. The molecule has 0 amide bonds. The summed E-state index contributed by atoms with van der Waals surface area (Å²) in [4.78, 5) is 2.61. The van der Waals surface area contributed by atoms with E-state index in [0.717, 1.165) is 44.0 Å². The molecular weight excluding hydrogens is 256 g/mol. The summed E-state index contributed by atoms with van der Waals surface area (Å²) in [6, 6.07) is 5.71. The molecule has 17 heavy (non-hydrogen) atoms. The van der Waals surface area contributed by atoms with Crippen molar-refractivity contribution in [1.29, 1.82) is 0 Å². The second-order valence-electron chi connectivity index (χ2n) is 3.98. The fraction of sp³-hybridized carbons (Fsp3) is 0.417. The molecule has 1 heterocycles. The lowest BCUT2D eigenvalue weighted by molar-refractivity contribution is 0.152. The lowest BCUT2D eigenvalue weighted by atomic mass is 10.2. The highest BCUT2D eigenvalue weighted by Crippen LogP contribution is 2.27. The molecule has 1 fully saturated rings. The van der Waals surface area contributed by atoms with Gasteiger partial charge in [-0.2, -0.15) is 0 Å². The molecule has 0 aromatic heterocycles. The zero-order chi connectivity index (χ0) is 12.3. The molecule has 1 aliphatic rings. The maximum atomic E-state index is 6.26. The summed E-state index contributed by atoms with van der Waals surface area (Å²) in [6.45, 7) is 3.39. The summed E-state index contributed by atoms with van der Waals surface area (Å²) in [6.07, 6.45) is 1.02. The number of halogens is 1. The Bertz CT molecular complexity index is 417. The van der Waals surface area contributed by atoms with Crippen LogP contribution in [0.5, 0.6) is 0 Å². The standard InChI is InChI=1S/C12H15ClN2OS/c13-10-8-9(12(14)17)2-3-11(10)15-4-1-6-16-7-5-15/h2-3,8H,1,4-7H2,(H2,14,17). The topological polar surface area (TPSA) is 38.5 Å². The van der Waals surface area contributed by atoms with E-state index < -0.39 is 0 Å². The molecule has 0 saturated carbocycles. The quantitative estimate of drug-likeness (QED) is 0.837. The van der Waals surface area contributed by atoms with Crippen LogP contribution < -0.4 is 10.6 Å². The van der Waals surface area contributed by atoms with E-state index in [2.05, 4.69) is 4.90 Å². The molecule has 2 rings (SSSR count). The van der Waals surface area contributed by atoms with E-state index in [1.165, 1.54) is 0 Å². The van der Waals surface area contributed by atoms with Gasteiger partial charge in [0.2, 0.25) is 0 Å². The number of rotatable bonds is 2. The Hall–Kier alpha value is -0.840. The lowest BCUT2D eigenvalue weighted by Crippen LogP contribution is -2.26. The summed E-state index contributed by atoms with van der Waals surface area (Å²) in [5.41, 5.74) is 7.41. The Balaban J connectivity index is 2.22. The highest BCUT2D eigenvalue weighted by molar-refractivity contribution is 7.80. The zero-order valence-electron chi connectivity index (χ0n) is 9.49. The van der Waals surface area contributed by atoms with E-state index >= 15 is 0 Å². The summed E-state index contributed by atoms with van der Waals surface area (Å²) in [5, 5.41) is 0.692. The van der Waals surface area contributed by atoms with Gasteiger partial charge in [-0.3, -0.25) is 0 Å². The Kier molecular flexibility index (Phi) is 4.20. The first-order valence-corrected chi connectivity index (χ1v) is 6.39. The van der Waals surface area contributed by atoms with Gasteiger partial charge in [-0.05, 0) is 24.6 Å². The molecule has 5 heteroatoms. The highest BCUT2D eigenvalue weighted by Gasteiger charge is 2.13. The van der Waals surface area contributed by atoms with Crippen molar-refractivity contribution in [1.82, 2.24) is 0 Å². The van der Waals surface area contributed by atoms with Gasteiger partial charge >= 0.3 is 0 Å². The molecule has 2 N–H and O–H groups in total. The highest BCUT2D eigenvalue weighted by atomic mass is 35.5. The Morgan fingerprint density at radius 1 is 1.35 bits per heavy atom. The van der Waals surface area contributed by atoms with Gasteiger partial charge in [0.05, 0.1) is 17.3 Å². The molecule has 1 aromatic rings. The molecule has 92 valence electrons. The van der Waals surface area contributed by atoms with Crippen LogP contribution in [0.4, 0.5) is 5.69 Å². The first-order chi connectivity index (χ1) is 8.18. The van der Waals surface area contributed by atoms with E-state index in [4.69, 9.17) is 34.3 Å². The van der Waals surface area contributed by atoms with Gasteiger partial charge in [0.15, 0.2) is 0 Å². The molecule has 0 unspecified atom stereocenters. The lowest BCUT2D eigenvalue weighted by Gasteiger charge is -2.23. The van der Waals surface area contributed by atoms with E-state index in [9.17, 15) is 0 Å². The van der Waals surface area contributed by atoms with Gasteiger partial charge < -0.3 is 15.4 Å². The summed E-state index contributed by atoms with van der Waals surface area (Å²) in [7, 11) is 0. The van der Waals surface area contributed by atoms with Crippen molar-refractivity contribution >= 4 is 34.5 Å². The predicted molar refractivity (Wildman–Crippen MR) is 75.0 cm³/mol. The number of hydrogen-bond acceptors (Lipinski definition) is 3. The van der Waals surface area contributed by atoms with Crippen LogP contribution in [-0.4, -0.2) is 31.3 Å². The third-order valence-corrected chi connectivity index (χ3v) is 3.33.